The molecule has 1 aliphatic heterocycles. The Morgan fingerprint density at radius 1 is 1.39 bits per heavy atom. The van der Waals surface area contributed by atoms with Crippen LogP contribution >= 0.6 is 15.9 Å². The zero-order valence-electron chi connectivity index (χ0n) is 14.8. The third kappa shape index (κ3) is 2.95. The predicted molar refractivity (Wildman–Crippen MR) is 98.6 cm³/mol. The third-order valence-corrected chi connectivity index (χ3v) is 7.03. The van der Waals surface area contributed by atoms with E-state index in [0.29, 0.717) is 5.56 Å². The maximum absolute atomic E-state index is 12.5. The number of aryl methyl sites for hydroxylation is 1. The predicted octanol–water partition coefficient (Wildman–Crippen LogP) is 1.96. The molecule has 0 radical (unpaired) electrons. The Bertz CT molecular complexity index is 889. The molecule has 1 aromatic rings. The number of nitro groups is 1. The van der Waals surface area contributed by atoms with Crippen molar-refractivity contribution in [1.82, 2.24) is 0 Å². The van der Waals surface area contributed by atoms with Crippen LogP contribution in [0.4, 0.5) is 11.4 Å². The maximum atomic E-state index is 12.5. The number of halogens is 1. The number of alkyl halides is 1. The maximum Gasteiger partial charge on any atom is 0.310 e. The average Bonchev–Trinajstić information content (AvgIpc) is 3.25. The van der Waals surface area contributed by atoms with Gasteiger partial charge in [-0.2, -0.15) is 0 Å². The van der Waals surface area contributed by atoms with Gasteiger partial charge in [0.1, 0.15) is 6.10 Å². The first-order chi connectivity index (χ1) is 13.3. The molecule has 0 aromatic heterocycles. The number of benzene rings is 1. The Kier molecular flexibility index (Phi) is 4.60. The fraction of sp³-hybridized carbons (Fsp3) is 0.500. The first-order valence-corrected chi connectivity index (χ1v) is 9.75. The molecule has 2 bridgehead atoms. The van der Waals surface area contributed by atoms with Gasteiger partial charge in [0.25, 0.3) is 11.6 Å². The summed E-state index contributed by atoms with van der Waals surface area (Å²) in [6, 6.07) is 4.30. The summed E-state index contributed by atoms with van der Waals surface area (Å²) >= 11 is 3.51. The molecule has 2 saturated carbocycles. The number of nitro benzene ring substituents is 1. The van der Waals surface area contributed by atoms with Gasteiger partial charge in [-0.1, -0.05) is 22.0 Å². The van der Waals surface area contributed by atoms with Crippen molar-refractivity contribution in [3.63, 3.8) is 0 Å². The topological polar surface area (TPSA) is 125 Å². The van der Waals surface area contributed by atoms with Crippen LogP contribution < -0.4 is 5.32 Å². The smallest absolute Gasteiger partial charge is 0.310 e. The molecular weight excluding hydrogens is 436 g/mol. The summed E-state index contributed by atoms with van der Waals surface area (Å²) in [5, 5.41) is 13.5. The second-order valence-corrected chi connectivity index (χ2v) is 8.43. The van der Waals surface area contributed by atoms with Crippen LogP contribution in [0, 0.1) is 40.7 Å². The monoisotopic (exact) mass is 452 g/mol. The molecule has 1 saturated heterocycles. The van der Waals surface area contributed by atoms with Crippen LogP contribution in [0.1, 0.15) is 12.0 Å². The summed E-state index contributed by atoms with van der Waals surface area (Å²) < 4.78 is 10.5. The molecule has 4 rings (SSSR count). The number of fused-ring (bicyclic) bond motifs is 1. The van der Waals surface area contributed by atoms with Crippen molar-refractivity contribution in [2.45, 2.75) is 24.3 Å². The van der Waals surface area contributed by atoms with E-state index in [4.69, 9.17) is 9.47 Å². The van der Waals surface area contributed by atoms with Gasteiger partial charge in [-0.25, -0.2) is 0 Å². The van der Waals surface area contributed by atoms with Crippen molar-refractivity contribution in [3.05, 3.63) is 33.9 Å². The van der Waals surface area contributed by atoms with Crippen LogP contribution in [0.3, 0.4) is 0 Å². The Balaban J connectivity index is 1.37. The average molecular weight is 453 g/mol. The van der Waals surface area contributed by atoms with E-state index in [1.807, 2.05) is 0 Å². The normalized spacial score (nSPS) is 32.1. The van der Waals surface area contributed by atoms with E-state index in [9.17, 15) is 24.5 Å². The van der Waals surface area contributed by atoms with Crippen molar-refractivity contribution in [2.75, 3.05) is 11.9 Å². The summed E-state index contributed by atoms with van der Waals surface area (Å²) in [5.74, 6) is -2.74. The van der Waals surface area contributed by atoms with Gasteiger partial charge >= 0.3 is 11.9 Å². The molecular formula is C18H17BrN2O7. The number of carbonyl (C=O) groups excluding carboxylic acids is 3. The van der Waals surface area contributed by atoms with E-state index >= 15 is 0 Å². The van der Waals surface area contributed by atoms with Crippen LogP contribution in [0.5, 0.6) is 0 Å². The highest BCUT2D eigenvalue weighted by Gasteiger charge is 2.68. The molecule has 28 heavy (non-hydrogen) atoms. The van der Waals surface area contributed by atoms with Crippen LogP contribution in [0.2, 0.25) is 0 Å². The molecule has 1 N–H and O–H groups in total. The number of anilines is 1. The van der Waals surface area contributed by atoms with Gasteiger partial charge in [-0.15, -0.1) is 0 Å². The Hall–Kier alpha value is -2.49. The number of nitrogens with one attached hydrogen (secondary N) is 1. The summed E-state index contributed by atoms with van der Waals surface area (Å²) in [7, 11) is 0. The van der Waals surface area contributed by atoms with Gasteiger partial charge in [0.05, 0.1) is 21.6 Å². The summed E-state index contributed by atoms with van der Waals surface area (Å²) in [6.07, 6.45) is 0.530. The number of nitrogens with zero attached hydrogens (tertiary/aromatic N) is 1. The van der Waals surface area contributed by atoms with Crippen molar-refractivity contribution < 1.29 is 28.8 Å². The van der Waals surface area contributed by atoms with Gasteiger partial charge in [-0.05, 0) is 25.3 Å². The molecule has 6 atom stereocenters. The largest absolute Gasteiger partial charge is 0.461 e. The van der Waals surface area contributed by atoms with Crippen LogP contribution in [-0.2, 0) is 23.9 Å². The SMILES string of the molecule is Cc1ccc(NC(=O)COC(=O)[C@@H]2[C@H]3C[C@H]4[C@H](OC(=O)[C@H]42)[C@H]3Br)cc1[N+](=O)[O-]. The number of ether oxygens (including phenoxy) is 2. The number of esters is 2. The first kappa shape index (κ1) is 18.9. The highest BCUT2D eigenvalue weighted by Crippen LogP contribution is 2.60. The zero-order valence-corrected chi connectivity index (χ0v) is 16.4. The minimum absolute atomic E-state index is 0.0151. The third-order valence-electron chi connectivity index (χ3n) is 5.83. The highest BCUT2D eigenvalue weighted by molar-refractivity contribution is 9.09. The van der Waals surface area contributed by atoms with Crippen molar-refractivity contribution in [1.29, 1.82) is 0 Å². The van der Waals surface area contributed by atoms with Gasteiger partial charge in [0, 0.05) is 23.2 Å². The number of carbonyl (C=O) groups is 3. The molecule has 2 aliphatic carbocycles. The standard InChI is InChI=1S/C18H17BrN2O7/c1-7-2-3-8(4-11(7)21(25)26)20-12(22)6-27-17(23)13-9-5-10-14(13)18(24)28-16(10)15(9)19/h2-4,9-10,13-16H,5-6H2,1H3,(H,20,22)/t9-,10-,13-,14-,15+,16+/m1/s1. The van der Waals surface area contributed by atoms with Gasteiger partial charge in [-0.3, -0.25) is 24.5 Å². The molecule has 0 spiro atoms. The number of rotatable bonds is 5. The van der Waals surface area contributed by atoms with Crippen LogP contribution in [-0.4, -0.2) is 40.3 Å². The number of hydrogen-bond donors (Lipinski definition) is 1. The summed E-state index contributed by atoms with van der Waals surface area (Å²) in [5.41, 5.74) is 0.590. The lowest BCUT2D eigenvalue weighted by molar-refractivity contribution is -0.385. The first-order valence-electron chi connectivity index (χ1n) is 8.84. The van der Waals surface area contributed by atoms with E-state index in [-0.39, 0.29) is 40.1 Å². The Labute approximate surface area is 168 Å². The second kappa shape index (κ2) is 6.84. The summed E-state index contributed by atoms with van der Waals surface area (Å²) in [6.45, 7) is 1.06. The Morgan fingerprint density at radius 2 is 2.14 bits per heavy atom. The number of amides is 1. The quantitative estimate of drug-likeness (QED) is 0.313. The minimum Gasteiger partial charge on any atom is -0.461 e. The lowest BCUT2D eigenvalue weighted by Gasteiger charge is -2.26. The molecule has 3 fully saturated rings. The van der Waals surface area contributed by atoms with E-state index in [2.05, 4.69) is 21.2 Å². The van der Waals surface area contributed by atoms with Crippen molar-refractivity contribution >= 4 is 45.2 Å². The molecule has 9 nitrogen and oxygen atoms in total. The summed E-state index contributed by atoms with van der Waals surface area (Å²) in [4.78, 5) is 47.0. The lowest BCUT2D eigenvalue weighted by atomic mass is 9.80. The van der Waals surface area contributed by atoms with Gasteiger partial charge < -0.3 is 14.8 Å². The lowest BCUT2D eigenvalue weighted by Crippen LogP contribution is -2.39. The van der Waals surface area contributed by atoms with Gasteiger partial charge in [0.15, 0.2) is 6.61 Å². The van der Waals surface area contributed by atoms with E-state index in [1.165, 1.54) is 18.2 Å². The van der Waals surface area contributed by atoms with Crippen LogP contribution in [0.25, 0.3) is 0 Å². The fourth-order valence-electron chi connectivity index (χ4n) is 4.61. The molecule has 10 heteroatoms. The molecule has 1 amide bonds. The van der Waals surface area contributed by atoms with E-state index in [1.54, 1.807) is 6.92 Å². The fourth-order valence-corrected chi connectivity index (χ4v) is 5.65. The zero-order chi connectivity index (χ0) is 20.2. The number of hydrogen-bond acceptors (Lipinski definition) is 7. The van der Waals surface area contributed by atoms with Gasteiger partial charge in [0.2, 0.25) is 0 Å². The van der Waals surface area contributed by atoms with E-state index < -0.39 is 35.2 Å². The molecule has 1 heterocycles. The van der Waals surface area contributed by atoms with Crippen LogP contribution in [0.15, 0.2) is 18.2 Å². The molecule has 0 unspecified atom stereocenters. The second-order valence-electron chi connectivity index (χ2n) is 7.38. The Morgan fingerprint density at radius 3 is 2.86 bits per heavy atom. The van der Waals surface area contributed by atoms with Crippen molar-refractivity contribution in [2.24, 2.45) is 23.7 Å². The molecule has 1 aromatic carbocycles. The van der Waals surface area contributed by atoms with Crippen molar-refractivity contribution in [3.8, 4) is 0 Å². The molecule has 148 valence electrons. The highest BCUT2D eigenvalue weighted by atomic mass is 79.9. The molecule has 3 aliphatic rings. The minimum atomic E-state index is -0.617. The van der Waals surface area contributed by atoms with E-state index in [0.717, 1.165) is 6.42 Å².